The molecule has 2 aliphatic heterocycles. The Balaban J connectivity index is 0.000000499. The fraction of sp³-hybridized carbons (Fsp3) is 0.500. The molecule has 5 rings (SSSR count). The second-order valence-corrected chi connectivity index (χ2v) is 8.85. The van der Waals surface area contributed by atoms with Gasteiger partial charge < -0.3 is 19.2 Å². The van der Waals surface area contributed by atoms with E-state index in [0.29, 0.717) is 24.8 Å². The minimum absolute atomic E-state index is 0.189. The molecule has 1 aromatic carbocycles. The van der Waals surface area contributed by atoms with Crippen LogP contribution in [0.15, 0.2) is 34.5 Å². The molecule has 0 amide bonds. The van der Waals surface area contributed by atoms with Crippen molar-refractivity contribution in [1.29, 1.82) is 0 Å². The zero-order valence-electron chi connectivity index (χ0n) is 20.9. The Bertz CT molecular complexity index is 1140. The number of nitrogens with one attached hydrogen (secondary N) is 1. The van der Waals surface area contributed by atoms with Gasteiger partial charge in [-0.25, -0.2) is 0 Å². The number of hydrogen-bond acceptors (Lipinski definition) is 7. The molecular formula is C26H35N5O3. The quantitative estimate of drug-likeness (QED) is 0.526. The van der Waals surface area contributed by atoms with Crippen LogP contribution in [0, 0.1) is 0 Å². The third-order valence-electron chi connectivity index (χ3n) is 6.24. The van der Waals surface area contributed by atoms with E-state index in [9.17, 15) is 0 Å². The maximum Gasteiger partial charge on any atom is 0.245 e. The molecule has 8 heteroatoms. The second-order valence-electron chi connectivity index (χ2n) is 8.85. The van der Waals surface area contributed by atoms with E-state index in [-0.39, 0.29) is 5.92 Å². The minimum atomic E-state index is 0.189. The van der Waals surface area contributed by atoms with Gasteiger partial charge >= 0.3 is 0 Å². The van der Waals surface area contributed by atoms with E-state index in [4.69, 9.17) is 13.9 Å². The normalized spacial score (nSPS) is 18.2. The van der Waals surface area contributed by atoms with E-state index in [1.807, 2.05) is 43.0 Å². The monoisotopic (exact) mass is 465 g/mol. The van der Waals surface area contributed by atoms with Gasteiger partial charge in [-0.3, -0.25) is 4.68 Å². The molecule has 4 heterocycles. The van der Waals surface area contributed by atoms with Crippen LogP contribution < -0.4 is 10.1 Å². The first kappa shape index (κ1) is 24.0. The Hall–Kier alpha value is -3.13. The highest BCUT2D eigenvalue weighted by Gasteiger charge is 2.26. The van der Waals surface area contributed by atoms with Crippen LogP contribution in [0.5, 0.6) is 5.75 Å². The topological polar surface area (TPSA) is 87.2 Å². The molecule has 1 fully saturated rings. The van der Waals surface area contributed by atoms with Gasteiger partial charge in [-0.1, -0.05) is 33.1 Å². The highest BCUT2D eigenvalue weighted by Crippen LogP contribution is 2.39. The van der Waals surface area contributed by atoms with Crippen LogP contribution in [-0.4, -0.2) is 40.3 Å². The van der Waals surface area contributed by atoms with Crippen LogP contribution in [0.25, 0.3) is 16.8 Å². The van der Waals surface area contributed by atoms with E-state index in [2.05, 4.69) is 34.5 Å². The standard InChI is InChI=1S/C21H23N5O3.C5H12/c1-12(20-23-24-21(29-20)13-6-7-28-11-13)18-8-14-10-26(2)25-19(14)16-9-15(27-3)4-5-17(16)22-18;1-3-5-4-2/h4-5,9-10,13,22H,6-8,11H2,1-3H3;3-5H2,1-2H3/b18-12+;. The van der Waals surface area contributed by atoms with Crippen LogP contribution in [0.1, 0.15) is 69.7 Å². The molecule has 1 unspecified atom stereocenters. The zero-order chi connectivity index (χ0) is 24.1. The number of fused-ring (bicyclic) bond motifs is 3. The molecule has 8 nitrogen and oxygen atoms in total. The lowest BCUT2D eigenvalue weighted by Gasteiger charge is -2.13. The van der Waals surface area contributed by atoms with Crippen molar-refractivity contribution in [2.24, 2.45) is 7.05 Å². The molecule has 0 saturated carbocycles. The summed E-state index contributed by atoms with van der Waals surface area (Å²) in [6.45, 7) is 7.82. The first-order chi connectivity index (χ1) is 16.5. The fourth-order valence-corrected chi connectivity index (χ4v) is 4.24. The zero-order valence-corrected chi connectivity index (χ0v) is 20.9. The predicted octanol–water partition coefficient (Wildman–Crippen LogP) is 5.58. The number of anilines is 1. The molecule has 1 saturated heterocycles. The molecule has 3 aromatic rings. The molecular weight excluding hydrogens is 430 g/mol. The number of hydrogen-bond donors (Lipinski definition) is 1. The summed E-state index contributed by atoms with van der Waals surface area (Å²) >= 11 is 0. The Morgan fingerprint density at radius 2 is 2.06 bits per heavy atom. The van der Waals surface area contributed by atoms with E-state index in [1.54, 1.807) is 7.11 Å². The predicted molar refractivity (Wildman–Crippen MR) is 133 cm³/mol. The van der Waals surface area contributed by atoms with Crippen molar-refractivity contribution >= 4 is 11.3 Å². The van der Waals surface area contributed by atoms with Gasteiger partial charge in [-0.2, -0.15) is 5.10 Å². The largest absolute Gasteiger partial charge is 0.497 e. The Morgan fingerprint density at radius 1 is 1.24 bits per heavy atom. The third kappa shape index (κ3) is 5.17. The first-order valence-corrected chi connectivity index (χ1v) is 12.1. The molecule has 2 aromatic heterocycles. The van der Waals surface area contributed by atoms with Gasteiger partial charge in [0, 0.05) is 54.4 Å². The average Bonchev–Trinajstić information content (AvgIpc) is 3.59. The number of unbranched alkanes of at least 4 members (excludes halogenated alkanes) is 2. The highest BCUT2D eigenvalue weighted by molar-refractivity contribution is 5.84. The molecule has 0 radical (unpaired) electrons. The van der Waals surface area contributed by atoms with Gasteiger partial charge in [-0.05, 0) is 31.5 Å². The number of nitrogens with zero attached hydrogens (tertiary/aromatic N) is 4. The molecule has 1 N–H and O–H groups in total. The number of rotatable bonds is 5. The van der Waals surface area contributed by atoms with Crippen LogP contribution in [0.3, 0.4) is 0 Å². The maximum atomic E-state index is 6.00. The molecule has 1 atom stereocenters. The lowest BCUT2D eigenvalue weighted by Crippen LogP contribution is -2.04. The maximum absolute atomic E-state index is 6.00. The number of methoxy groups -OCH3 is 1. The summed E-state index contributed by atoms with van der Waals surface area (Å²) in [7, 11) is 3.61. The van der Waals surface area contributed by atoms with Gasteiger partial charge in [-0.15, -0.1) is 10.2 Å². The number of ether oxygens (including phenoxy) is 2. The number of benzene rings is 1. The van der Waals surface area contributed by atoms with Crippen molar-refractivity contribution in [2.45, 2.75) is 58.8 Å². The third-order valence-corrected chi connectivity index (χ3v) is 6.24. The van der Waals surface area contributed by atoms with Crippen molar-refractivity contribution in [2.75, 3.05) is 25.6 Å². The summed E-state index contributed by atoms with van der Waals surface area (Å²) < 4.78 is 18.7. The van der Waals surface area contributed by atoms with Crippen LogP contribution in [0.2, 0.25) is 0 Å². The second kappa shape index (κ2) is 10.9. The number of allylic oxidation sites excluding steroid dienone is 2. The van der Waals surface area contributed by atoms with Crippen molar-refractivity contribution in [3.05, 3.63) is 47.4 Å². The van der Waals surface area contributed by atoms with Crippen molar-refractivity contribution in [3.63, 3.8) is 0 Å². The van der Waals surface area contributed by atoms with Crippen LogP contribution in [-0.2, 0) is 18.2 Å². The summed E-state index contributed by atoms with van der Waals surface area (Å²) in [5, 5.41) is 16.8. The summed E-state index contributed by atoms with van der Waals surface area (Å²) in [5.74, 6) is 2.18. The molecule has 0 aliphatic carbocycles. The van der Waals surface area contributed by atoms with Crippen molar-refractivity contribution in [1.82, 2.24) is 20.0 Å². The summed E-state index contributed by atoms with van der Waals surface area (Å²) in [5.41, 5.74) is 6.01. The lowest BCUT2D eigenvalue weighted by molar-refractivity contribution is 0.190. The Labute approximate surface area is 201 Å². The van der Waals surface area contributed by atoms with Gasteiger partial charge in [0.15, 0.2) is 0 Å². The summed E-state index contributed by atoms with van der Waals surface area (Å²) in [4.78, 5) is 0. The molecule has 2 aliphatic rings. The van der Waals surface area contributed by atoms with Gasteiger partial charge in [0.25, 0.3) is 0 Å². The summed E-state index contributed by atoms with van der Waals surface area (Å²) in [6, 6.07) is 5.97. The van der Waals surface area contributed by atoms with E-state index < -0.39 is 0 Å². The molecule has 0 spiro atoms. The first-order valence-electron chi connectivity index (χ1n) is 12.1. The van der Waals surface area contributed by atoms with Gasteiger partial charge in [0.1, 0.15) is 5.75 Å². The average molecular weight is 466 g/mol. The fourth-order valence-electron chi connectivity index (χ4n) is 4.24. The smallest absolute Gasteiger partial charge is 0.245 e. The van der Waals surface area contributed by atoms with E-state index >= 15 is 0 Å². The number of aryl methyl sites for hydroxylation is 1. The van der Waals surface area contributed by atoms with Crippen LogP contribution in [0.4, 0.5) is 5.69 Å². The van der Waals surface area contributed by atoms with E-state index in [1.165, 1.54) is 19.3 Å². The lowest BCUT2D eigenvalue weighted by atomic mass is 10.0. The van der Waals surface area contributed by atoms with E-state index in [0.717, 1.165) is 52.6 Å². The summed E-state index contributed by atoms with van der Waals surface area (Å²) in [6.07, 6.45) is 7.74. The molecule has 0 bridgehead atoms. The van der Waals surface area contributed by atoms with Gasteiger partial charge in [0.05, 0.1) is 25.3 Å². The van der Waals surface area contributed by atoms with Crippen molar-refractivity contribution < 1.29 is 13.9 Å². The van der Waals surface area contributed by atoms with Crippen molar-refractivity contribution in [3.8, 4) is 17.0 Å². The Kier molecular flexibility index (Phi) is 7.67. The molecule has 34 heavy (non-hydrogen) atoms. The minimum Gasteiger partial charge on any atom is -0.497 e. The molecule has 182 valence electrons. The van der Waals surface area contributed by atoms with Crippen LogP contribution >= 0.6 is 0 Å². The highest BCUT2D eigenvalue weighted by atomic mass is 16.5. The Morgan fingerprint density at radius 3 is 2.74 bits per heavy atom. The number of aromatic nitrogens is 4. The van der Waals surface area contributed by atoms with Gasteiger partial charge in [0.2, 0.25) is 11.8 Å². The SMILES string of the molecule is CCCCC.COc1ccc2c(c1)-c1nn(C)cc1C/C(=C(/C)c1nnc(C3CCOC3)o1)N2.